The smallest absolute Gasteiger partial charge is 0.125 e. The molecule has 0 aliphatic rings. The summed E-state index contributed by atoms with van der Waals surface area (Å²) in [6.45, 7) is 3.44. The van der Waals surface area contributed by atoms with Gasteiger partial charge in [-0.15, -0.1) is 21.9 Å². The molecule has 0 spiro atoms. The van der Waals surface area contributed by atoms with Crippen molar-refractivity contribution in [3.8, 4) is 0 Å². The van der Waals surface area contributed by atoms with Crippen LogP contribution in [0, 0.1) is 0 Å². The zero-order valence-electron chi connectivity index (χ0n) is 2.16. The van der Waals surface area contributed by atoms with Crippen LogP contribution >= 0.6 is 15.3 Å². The van der Waals surface area contributed by atoms with Crippen LogP contribution < -0.4 is 0 Å². The van der Waals surface area contributed by atoms with Gasteiger partial charge in [0.05, 0.1) is 0 Å². The first-order valence-electron chi connectivity index (χ1n) is 0.886. The van der Waals surface area contributed by atoms with E-state index in [4.69, 9.17) is 0 Å². The van der Waals surface area contributed by atoms with Crippen LogP contribution in [0.25, 0.3) is 0 Å². The highest BCUT2D eigenvalue weighted by Gasteiger charge is 1.53. The third kappa shape index (κ3) is 2.44. The fraction of sp³-hybridized carbons (Fsp3) is 0. The molecule has 0 aromatic carbocycles. The van der Waals surface area contributed by atoms with Crippen LogP contribution in [-0.2, 0) is 0 Å². The Morgan fingerprint density at radius 2 is 2.25 bits per heavy atom. The molecule has 0 aromatic rings. The second-order valence-electron chi connectivity index (χ2n) is 0.313. The summed E-state index contributed by atoms with van der Waals surface area (Å²) in [5.74, 6) is 0. The predicted octanol–water partition coefficient (Wildman–Crippen LogP) is 1.14. The Labute approximate surface area is 36.3 Å². The molecule has 0 saturated heterocycles. The standard InChI is InChI=1S/C2H3BrSi/c1-2-4-3/h2H,1H2. The SMILES string of the molecule is C=C[Si]Br. The Morgan fingerprint density at radius 1 is 2.00 bits per heavy atom. The molecule has 0 nitrogen and oxygen atoms in total. The number of halogens is 1. The fourth-order valence-corrected chi connectivity index (χ4v) is 0. The number of hydrogen-bond donors (Lipinski definition) is 0. The van der Waals surface area contributed by atoms with Crippen molar-refractivity contribution >= 4 is 23.4 Å². The van der Waals surface area contributed by atoms with E-state index in [9.17, 15) is 0 Å². The lowest BCUT2D eigenvalue weighted by atomic mass is 11.3. The van der Waals surface area contributed by atoms with Crippen LogP contribution in [0.3, 0.4) is 0 Å². The second kappa shape index (κ2) is 3.44. The predicted molar refractivity (Wildman–Crippen MR) is 24.9 cm³/mol. The van der Waals surface area contributed by atoms with Gasteiger partial charge in [-0.05, 0) is 0 Å². The van der Waals surface area contributed by atoms with Gasteiger partial charge in [0.1, 0.15) is 0 Å². The molecule has 0 amide bonds. The molecule has 0 fully saturated rings. The molecule has 2 radical (unpaired) electrons. The maximum atomic E-state index is 3.44. The fourth-order valence-electron chi connectivity index (χ4n) is 0. The largest absolute Gasteiger partial charge is 0.167 e. The summed E-state index contributed by atoms with van der Waals surface area (Å²) in [4.78, 5) is 0. The minimum Gasteiger partial charge on any atom is -0.125 e. The molecule has 4 heavy (non-hydrogen) atoms. The van der Waals surface area contributed by atoms with Crippen molar-refractivity contribution in [1.29, 1.82) is 0 Å². The van der Waals surface area contributed by atoms with Gasteiger partial charge >= 0.3 is 0 Å². The summed E-state index contributed by atoms with van der Waals surface area (Å²) in [6, 6.07) is 0. The van der Waals surface area contributed by atoms with E-state index in [-0.39, 0.29) is 0 Å². The molecule has 22 valence electrons. The van der Waals surface area contributed by atoms with Crippen molar-refractivity contribution in [2.45, 2.75) is 0 Å². The van der Waals surface area contributed by atoms with Gasteiger partial charge < -0.3 is 0 Å². The van der Waals surface area contributed by atoms with Gasteiger partial charge in [0.25, 0.3) is 0 Å². The molecule has 0 heterocycles. The highest BCUT2D eigenvalue weighted by Crippen LogP contribution is 1.67. The molecule has 0 saturated carbocycles. The molecular formula is C2H3BrSi. The van der Waals surface area contributed by atoms with Gasteiger partial charge in [0.2, 0.25) is 0 Å². The van der Waals surface area contributed by atoms with Crippen LogP contribution in [0.4, 0.5) is 0 Å². The van der Waals surface area contributed by atoms with Gasteiger partial charge in [0.15, 0.2) is 8.14 Å². The highest BCUT2D eigenvalue weighted by atomic mass is 79.9. The van der Waals surface area contributed by atoms with Gasteiger partial charge in [-0.3, -0.25) is 0 Å². The normalized spacial score (nSPS) is 6.25. The van der Waals surface area contributed by atoms with E-state index < -0.39 is 0 Å². The van der Waals surface area contributed by atoms with E-state index in [0.29, 0.717) is 8.14 Å². The first-order valence-corrected chi connectivity index (χ1v) is 4.22. The lowest BCUT2D eigenvalue weighted by Gasteiger charge is -1.51. The molecule has 0 aliphatic carbocycles. The van der Waals surface area contributed by atoms with E-state index in [1.54, 1.807) is 0 Å². The van der Waals surface area contributed by atoms with Crippen molar-refractivity contribution in [3.05, 3.63) is 12.3 Å². The molecule has 2 heteroatoms. The first kappa shape index (κ1) is 4.44. The molecule has 0 unspecified atom stereocenters. The molecule has 0 atom stereocenters. The van der Waals surface area contributed by atoms with E-state index in [1.807, 2.05) is 5.70 Å². The summed E-state index contributed by atoms with van der Waals surface area (Å²) in [7, 11) is 0.717. The first-order chi connectivity index (χ1) is 1.91. The maximum Gasteiger partial charge on any atom is 0.167 e. The van der Waals surface area contributed by atoms with Crippen LogP contribution in [0.15, 0.2) is 12.3 Å². The summed E-state index contributed by atoms with van der Waals surface area (Å²) in [5, 5.41) is 0. The zero-order valence-corrected chi connectivity index (χ0v) is 4.75. The van der Waals surface area contributed by atoms with Crippen molar-refractivity contribution in [2.24, 2.45) is 0 Å². The topological polar surface area (TPSA) is 0 Å². The van der Waals surface area contributed by atoms with E-state index in [0.717, 1.165) is 0 Å². The van der Waals surface area contributed by atoms with Gasteiger partial charge in [-0.2, -0.15) is 0 Å². The summed E-state index contributed by atoms with van der Waals surface area (Å²) < 4.78 is 0. The number of rotatable bonds is 1. The third-order valence-corrected chi connectivity index (χ3v) is 1.20. The Balaban J connectivity index is 2.30. The Bertz CT molecular complexity index is 20.0. The van der Waals surface area contributed by atoms with E-state index in [1.165, 1.54) is 0 Å². The number of hydrogen-bond acceptors (Lipinski definition) is 0. The van der Waals surface area contributed by atoms with Crippen LogP contribution in [-0.4, -0.2) is 8.14 Å². The quantitative estimate of drug-likeness (QED) is 0.373. The zero-order chi connectivity index (χ0) is 3.41. The van der Waals surface area contributed by atoms with Crippen molar-refractivity contribution in [1.82, 2.24) is 0 Å². The van der Waals surface area contributed by atoms with Gasteiger partial charge in [-0.25, -0.2) is 0 Å². The Hall–Kier alpha value is 0.437. The van der Waals surface area contributed by atoms with Crippen LogP contribution in [0.1, 0.15) is 0 Å². The van der Waals surface area contributed by atoms with Crippen LogP contribution in [0.5, 0.6) is 0 Å². The Kier molecular flexibility index (Phi) is 3.81. The minimum atomic E-state index is 0.717. The second-order valence-corrected chi connectivity index (χ2v) is 2.31. The molecular weight excluding hydrogens is 132 g/mol. The average molecular weight is 135 g/mol. The molecule has 0 bridgehead atoms. The third-order valence-electron chi connectivity index (χ3n) is 0.0772. The summed E-state index contributed by atoms with van der Waals surface area (Å²) in [5.41, 5.74) is 1.82. The maximum absolute atomic E-state index is 3.44. The van der Waals surface area contributed by atoms with Crippen LogP contribution in [0.2, 0.25) is 0 Å². The van der Waals surface area contributed by atoms with Crippen molar-refractivity contribution in [2.75, 3.05) is 0 Å². The molecule has 0 aliphatic heterocycles. The van der Waals surface area contributed by atoms with E-state index >= 15 is 0 Å². The molecule has 0 rings (SSSR count). The average Bonchev–Trinajstić information content (AvgIpc) is 1.37. The monoisotopic (exact) mass is 134 g/mol. The van der Waals surface area contributed by atoms with Gasteiger partial charge in [-0.1, -0.05) is 5.70 Å². The minimum absolute atomic E-state index is 0.717. The molecule has 0 aromatic heterocycles. The Morgan fingerprint density at radius 3 is 2.25 bits per heavy atom. The lowest BCUT2D eigenvalue weighted by Crippen LogP contribution is -1.53. The highest BCUT2D eigenvalue weighted by molar-refractivity contribution is 9.23. The summed E-state index contributed by atoms with van der Waals surface area (Å²) >= 11 is 3.16. The van der Waals surface area contributed by atoms with Gasteiger partial charge in [0, 0.05) is 0 Å². The lowest BCUT2D eigenvalue weighted by molar-refractivity contribution is 2.62. The summed E-state index contributed by atoms with van der Waals surface area (Å²) in [6.07, 6.45) is 0. The van der Waals surface area contributed by atoms with E-state index in [2.05, 4.69) is 21.9 Å². The molecule has 0 N–H and O–H groups in total. The van der Waals surface area contributed by atoms with Crippen molar-refractivity contribution in [3.63, 3.8) is 0 Å². The van der Waals surface area contributed by atoms with Crippen molar-refractivity contribution < 1.29 is 0 Å².